The zero-order valence-corrected chi connectivity index (χ0v) is 32.3. The first kappa shape index (κ1) is 46.3. The summed E-state index contributed by atoms with van der Waals surface area (Å²) in [5, 5.41) is 6.89. The molecule has 47 heavy (non-hydrogen) atoms. The van der Waals surface area contributed by atoms with Gasteiger partial charge in [-0.15, -0.1) is 0 Å². The maximum Gasteiger partial charge on any atom is 0.0965 e. The van der Waals surface area contributed by atoms with Gasteiger partial charge >= 0.3 is 0 Å². The summed E-state index contributed by atoms with van der Waals surface area (Å²) in [5.74, 6) is 0. The molecule has 0 fully saturated rings. The van der Waals surface area contributed by atoms with E-state index in [1.807, 2.05) is 0 Å². The molecular formula is C42H85N3O2. The summed E-state index contributed by atoms with van der Waals surface area (Å²) in [6.07, 6.45) is 44.5. The molecule has 0 aromatic carbocycles. The van der Waals surface area contributed by atoms with Gasteiger partial charge in [0.25, 0.3) is 0 Å². The van der Waals surface area contributed by atoms with Crippen LogP contribution in [-0.4, -0.2) is 64.3 Å². The highest BCUT2D eigenvalue weighted by atomic mass is 16.5. The summed E-state index contributed by atoms with van der Waals surface area (Å²) in [4.78, 5) is 2.48. The first-order valence-electron chi connectivity index (χ1n) is 20.9. The van der Waals surface area contributed by atoms with Gasteiger partial charge in [0.1, 0.15) is 0 Å². The van der Waals surface area contributed by atoms with Crippen LogP contribution >= 0.6 is 0 Å². The van der Waals surface area contributed by atoms with Gasteiger partial charge in [-0.1, -0.05) is 148 Å². The lowest BCUT2D eigenvalue weighted by Gasteiger charge is -2.20. The molecule has 0 bridgehead atoms. The standard InChI is InChI=1S/C42H85N3O2/c1-4-7-9-11-13-15-17-19-21-23-25-27-29-31-33-39-46-41-43-35-37-45(6-3)38-36-44-42-47-40-34-32-30-28-26-24-22-20-18-16-14-12-10-8-5-2/h19-22,43-44H,4-18,23-42H2,1-3H3/b21-19-,22-20-. The largest absolute Gasteiger partial charge is 0.366 e. The Morgan fingerprint density at radius 3 is 1.06 bits per heavy atom. The summed E-state index contributed by atoms with van der Waals surface area (Å²) >= 11 is 0. The summed E-state index contributed by atoms with van der Waals surface area (Å²) in [7, 11) is 0. The molecule has 2 N–H and O–H groups in total. The van der Waals surface area contributed by atoms with E-state index >= 15 is 0 Å². The predicted molar refractivity (Wildman–Crippen MR) is 209 cm³/mol. The maximum absolute atomic E-state index is 5.80. The first-order chi connectivity index (χ1) is 23.3. The topological polar surface area (TPSA) is 45.8 Å². The Labute approximate surface area is 295 Å². The van der Waals surface area contributed by atoms with Gasteiger partial charge in [0.15, 0.2) is 0 Å². The van der Waals surface area contributed by atoms with Gasteiger partial charge in [0.2, 0.25) is 0 Å². The lowest BCUT2D eigenvalue weighted by Crippen LogP contribution is -2.37. The third-order valence-corrected chi connectivity index (χ3v) is 9.17. The molecule has 0 aromatic rings. The van der Waals surface area contributed by atoms with Gasteiger partial charge in [-0.25, -0.2) is 0 Å². The van der Waals surface area contributed by atoms with Crippen LogP contribution in [-0.2, 0) is 9.47 Å². The number of rotatable bonds is 41. The fraction of sp³-hybridized carbons (Fsp3) is 0.905. The van der Waals surface area contributed by atoms with E-state index in [0.29, 0.717) is 13.5 Å². The van der Waals surface area contributed by atoms with Gasteiger partial charge in [-0.2, -0.15) is 0 Å². The minimum absolute atomic E-state index is 0.670. The third-order valence-electron chi connectivity index (χ3n) is 9.17. The molecule has 0 atom stereocenters. The number of nitrogens with one attached hydrogen (secondary N) is 2. The molecule has 0 aliphatic rings. The SMILES string of the molecule is CCCCCCCC/C=C\CCCCCCCOCNCCN(CC)CCNCOCCCCCCC/C=C\CCCCCCCC. The number of ether oxygens (including phenoxy) is 2. The molecule has 0 radical (unpaired) electrons. The van der Waals surface area contributed by atoms with E-state index in [2.05, 4.69) is 60.6 Å². The Bertz CT molecular complexity index is 563. The van der Waals surface area contributed by atoms with Crippen molar-refractivity contribution in [1.29, 1.82) is 0 Å². The molecular weight excluding hydrogens is 578 g/mol. The third kappa shape index (κ3) is 41.4. The highest BCUT2D eigenvalue weighted by Crippen LogP contribution is 2.11. The van der Waals surface area contributed by atoms with Gasteiger partial charge in [0.05, 0.1) is 13.5 Å². The number of hydrogen-bond donors (Lipinski definition) is 2. The minimum Gasteiger partial charge on any atom is -0.366 e. The fourth-order valence-corrected chi connectivity index (χ4v) is 5.89. The van der Waals surface area contributed by atoms with E-state index in [4.69, 9.17) is 9.47 Å². The average molecular weight is 664 g/mol. The Kier molecular flexibility index (Phi) is 42.6. The Morgan fingerprint density at radius 1 is 0.404 bits per heavy atom. The molecule has 0 saturated carbocycles. The summed E-state index contributed by atoms with van der Waals surface area (Å²) in [6.45, 7) is 15.1. The highest BCUT2D eigenvalue weighted by Gasteiger charge is 2.01. The molecule has 0 aliphatic heterocycles. The van der Waals surface area contributed by atoms with E-state index in [1.165, 1.54) is 167 Å². The zero-order valence-electron chi connectivity index (χ0n) is 32.3. The van der Waals surface area contributed by atoms with Crippen molar-refractivity contribution < 1.29 is 9.47 Å². The lowest BCUT2D eigenvalue weighted by atomic mass is 10.1. The van der Waals surface area contributed by atoms with Crippen molar-refractivity contribution in [3.05, 3.63) is 24.3 Å². The molecule has 0 aliphatic carbocycles. The molecule has 5 nitrogen and oxygen atoms in total. The molecule has 0 spiro atoms. The van der Waals surface area contributed by atoms with Crippen LogP contribution in [0.3, 0.4) is 0 Å². The second-order valence-corrected chi connectivity index (χ2v) is 13.7. The van der Waals surface area contributed by atoms with Crippen molar-refractivity contribution in [1.82, 2.24) is 15.5 Å². The molecule has 0 rings (SSSR count). The van der Waals surface area contributed by atoms with Crippen LogP contribution in [0.4, 0.5) is 0 Å². The Morgan fingerprint density at radius 2 is 0.723 bits per heavy atom. The van der Waals surface area contributed by atoms with Crippen molar-refractivity contribution in [2.24, 2.45) is 0 Å². The van der Waals surface area contributed by atoms with Crippen molar-refractivity contribution in [3.63, 3.8) is 0 Å². The van der Waals surface area contributed by atoms with Crippen LogP contribution < -0.4 is 10.6 Å². The lowest BCUT2D eigenvalue weighted by molar-refractivity contribution is 0.106. The number of allylic oxidation sites excluding steroid dienone is 4. The minimum atomic E-state index is 0.670. The van der Waals surface area contributed by atoms with Crippen LogP contribution in [0.15, 0.2) is 24.3 Å². The number of nitrogens with zero attached hydrogens (tertiary/aromatic N) is 1. The Balaban J connectivity index is 3.30. The van der Waals surface area contributed by atoms with E-state index in [0.717, 1.165) is 45.9 Å². The smallest absolute Gasteiger partial charge is 0.0965 e. The summed E-state index contributed by atoms with van der Waals surface area (Å²) in [5.41, 5.74) is 0. The van der Waals surface area contributed by atoms with Crippen molar-refractivity contribution in [2.75, 3.05) is 59.4 Å². The Hall–Kier alpha value is -0.720. The number of hydrogen-bond acceptors (Lipinski definition) is 5. The van der Waals surface area contributed by atoms with Crippen LogP contribution in [0, 0.1) is 0 Å². The van der Waals surface area contributed by atoms with Gasteiger partial charge in [-0.3, -0.25) is 10.6 Å². The fourth-order valence-electron chi connectivity index (χ4n) is 5.89. The molecule has 0 aromatic heterocycles. The van der Waals surface area contributed by atoms with Crippen LogP contribution in [0.1, 0.15) is 188 Å². The van der Waals surface area contributed by atoms with E-state index < -0.39 is 0 Å². The van der Waals surface area contributed by atoms with E-state index in [1.54, 1.807) is 0 Å². The van der Waals surface area contributed by atoms with E-state index in [9.17, 15) is 0 Å². The van der Waals surface area contributed by atoms with Crippen LogP contribution in [0.25, 0.3) is 0 Å². The first-order valence-corrected chi connectivity index (χ1v) is 20.9. The highest BCUT2D eigenvalue weighted by molar-refractivity contribution is 4.82. The van der Waals surface area contributed by atoms with Gasteiger partial charge in [-0.05, 0) is 70.8 Å². The molecule has 0 saturated heterocycles. The van der Waals surface area contributed by atoms with Crippen molar-refractivity contribution in [2.45, 2.75) is 188 Å². The normalized spacial score (nSPS) is 12.1. The second-order valence-electron chi connectivity index (χ2n) is 13.7. The van der Waals surface area contributed by atoms with Gasteiger partial charge in [0, 0.05) is 39.4 Å². The average Bonchev–Trinajstić information content (AvgIpc) is 3.09. The maximum atomic E-state index is 5.80. The second kappa shape index (κ2) is 43.3. The molecule has 0 amide bonds. The van der Waals surface area contributed by atoms with Crippen molar-refractivity contribution >= 4 is 0 Å². The van der Waals surface area contributed by atoms with Gasteiger partial charge < -0.3 is 14.4 Å². The zero-order chi connectivity index (χ0) is 34.0. The van der Waals surface area contributed by atoms with Crippen molar-refractivity contribution in [3.8, 4) is 0 Å². The van der Waals surface area contributed by atoms with E-state index in [-0.39, 0.29) is 0 Å². The summed E-state index contributed by atoms with van der Waals surface area (Å²) in [6, 6.07) is 0. The molecule has 0 unspecified atom stereocenters. The molecule has 0 heterocycles. The number of unbranched alkanes of at least 4 members (excludes halogenated alkanes) is 22. The predicted octanol–water partition coefficient (Wildman–Crippen LogP) is 11.7. The van der Waals surface area contributed by atoms with Crippen LogP contribution in [0.5, 0.6) is 0 Å². The molecule has 280 valence electrons. The number of likely N-dealkylation sites (N-methyl/N-ethyl adjacent to an activating group) is 1. The van der Waals surface area contributed by atoms with Crippen LogP contribution in [0.2, 0.25) is 0 Å². The molecule has 5 heteroatoms. The monoisotopic (exact) mass is 664 g/mol. The quantitative estimate of drug-likeness (QED) is 0.0387. The summed E-state index contributed by atoms with van der Waals surface area (Å²) < 4.78 is 11.6.